The van der Waals surface area contributed by atoms with Crippen molar-refractivity contribution in [3.63, 3.8) is 0 Å². The van der Waals surface area contributed by atoms with E-state index in [2.05, 4.69) is 108 Å². The largest absolute Gasteiger partial charge is 0.444 e. The molecule has 12 rings (SSSR count). The van der Waals surface area contributed by atoms with Gasteiger partial charge in [0.2, 0.25) is 10.0 Å². The van der Waals surface area contributed by atoms with E-state index in [-0.39, 0.29) is 71.9 Å². The number of pyridine rings is 3. The summed E-state index contributed by atoms with van der Waals surface area (Å²) in [6.07, 6.45) is 19.8. The molecule has 3 saturated heterocycles. The maximum absolute atomic E-state index is 12.1. The van der Waals surface area contributed by atoms with E-state index < -0.39 is 10.0 Å². The van der Waals surface area contributed by atoms with Gasteiger partial charge >= 0.3 is 12.2 Å². The minimum atomic E-state index is -3.16. The molecule has 434 valence electrons. The molecule has 3 aromatic carbocycles. The molecule has 0 bridgehead atoms. The monoisotopic (exact) mass is 1150 g/mol. The van der Waals surface area contributed by atoms with Crippen LogP contribution in [-0.2, 0) is 19.5 Å². The highest BCUT2D eigenvalue weighted by Crippen LogP contribution is 2.44. The SMILES string of the molecule is C[C@H]1[C@H](/C=C/c2ccc(-c3ccccc3C#N)cn2)[C@H]2NC(=O)O[C@H]2C[C@@H]1C.C[C@H]1[C@H](/C=C/c2ccc(-c3ccccc3C#N)cn2)[C@H]2NS(=O)(=O)C[C@H]2C[C@@H]1C.C[C@H]1[C@H](/C=C/c2ccc(-c3ccccc3C#N)cn2)[C@H]2OC(=O)N[C@H]2C[C@@H]1C. The number of aromatic nitrogens is 3. The molecule has 3 aromatic heterocycles. The molecule has 85 heavy (non-hydrogen) atoms. The summed E-state index contributed by atoms with van der Waals surface area (Å²) < 4.78 is 38.0. The Morgan fingerprint density at radius 1 is 0.506 bits per heavy atom. The van der Waals surface area contributed by atoms with E-state index in [1.165, 1.54) is 0 Å². The van der Waals surface area contributed by atoms with Crippen molar-refractivity contribution in [3.05, 3.63) is 180 Å². The van der Waals surface area contributed by atoms with Crippen LogP contribution in [0.2, 0.25) is 0 Å². The minimum Gasteiger partial charge on any atom is -0.444 e. The zero-order valence-corrected chi connectivity index (χ0v) is 49.4. The number of rotatable bonds is 9. The Kier molecular flexibility index (Phi) is 18.2. The predicted octanol–water partition coefficient (Wildman–Crippen LogP) is 12.6. The van der Waals surface area contributed by atoms with Gasteiger partial charge in [-0.2, -0.15) is 15.8 Å². The topological polar surface area (TPSA) is 233 Å². The van der Waals surface area contributed by atoms with Crippen LogP contribution in [0.1, 0.15) is 94.6 Å². The van der Waals surface area contributed by atoms with Crippen LogP contribution in [0.5, 0.6) is 0 Å². The number of carbonyl (C=O) groups excluding carboxylic acids is 2. The number of fused-ring (bicyclic) bond motifs is 3. The molecule has 6 aliphatic rings. The highest BCUT2D eigenvalue weighted by Gasteiger charge is 2.49. The molecular weight excluding hydrogens is 1080 g/mol. The zero-order chi connectivity index (χ0) is 59.9. The van der Waals surface area contributed by atoms with E-state index in [1.54, 1.807) is 24.7 Å². The van der Waals surface area contributed by atoms with Crippen molar-refractivity contribution in [2.45, 2.75) is 91.1 Å². The summed E-state index contributed by atoms with van der Waals surface area (Å²) in [5.74, 6) is 3.69. The summed E-state index contributed by atoms with van der Waals surface area (Å²) in [7, 11) is -3.16. The van der Waals surface area contributed by atoms with Crippen LogP contribution in [0.4, 0.5) is 9.59 Å². The summed E-state index contributed by atoms with van der Waals surface area (Å²) in [5.41, 5.74) is 9.81. The third-order valence-corrected chi connectivity index (χ3v) is 20.2. The Hall–Kier alpha value is -8.75. The highest BCUT2D eigenvalue weighted by molar-refractivity contribution is 7.89. The van der Waals surface area contributed by atoms with Gasteiger partial charge in [-0.15, -0.1) is 0 Å². The number of alkyl carbamates (subject to hydrolysis) is 2. The Morgan fingerprint density at radius 3 is 1.38 bits per heavy atom. The first-order valence-electron chi connectivity index (χ1n) is 29.4. The van der Waals surface area contributed by atoms with Crippen molar-refractivity contribution in [3.8, 4) is 51.6 Å². The summed E-state index contributed by atoms with van der Waals surface area (Å²) in [6, 6.07) is 41.0. The van der Waals surface area contributed by atoms with Crippen LogP contribution < -0.4 is 15.4 Å². The number of benzene rings is 3. The molecule has 0 radical (unpaired) electrons. The second-order valence-electron chi connectivity index (χ2n) is 23.8. The molecule has 15 atom stereocenters. The molecule has 2 amide bonds. The lowest BCUT2D eigenvalue weighted by atomic mass is 9.67. The fourth-order valence-corrected chi connectivity index (χ4v) is 15.1. The number of nitriles is 3. The van der Waals surface area contributed by atoms with Crippen LogP contribution in [0.25, 0.3) is 51.6 Å². The fraction of sp³-hybridized carbons (Fsp3) is 0.362. The van der Waals surface area contributed by atoms with Gasteiger partial charge in [-0.25, -0.2) is 22.7 Å². The first-order chi connectivity index (χ1) is 41.0. The van der Waals surface area contributed by atoms with Crippen molar-refractivity contribution in [2.75, 3.05) is 5.75 Å². The fourth-order valence-electron chi connectivity index (χ4n) is 13.3. The molecule has 3 aliphatic heterocycles. The number of nitrogens with zero attached hydrogens (tertiary/aromatic N) is 6. The number of nitrogens with one attached hydrogen (secondary N) is 3. The summed E-state index contributed by atoms with van der Waals surface area (Å²) >= 11 is 0. The second-order valence-corrected chi connectivity index (χ2v) is 25.6. The van der Waals surface area contributed by atoms with Crippen molar-refractivity contribution in [2.24, 2.45) is 59.2 Å². The first-order valence-corrected chi connectivity index (χ1v) is 31.0. The number of ether oxygens (including phenoxy) is 2. The molecule has 6 aromatic rings. The Labute approximate surface area is 499 Å². The lowest BCUT2D eigenvalue weighted by Crippen LogP contribution is -2.47. The molecule has 3 aliphatic carbocycles. The van der Waals surface area contributed by atoms with Gasteiger partial charge in [-0.3, -0.25) is 15.0 Å². The van der Waals surface area contributed by atoms with E-state index in [0.717, 1.165) is 69.7 Å². The van der Waals surface area contributed by atoms with Crippen molar-refractivity contribution in [1.82, 2.24) is 30.3 Å². The van der Waals surface area contributed by atoms with Crippen molar-refractivity contribution >= 4 is 40.4 Å². The van der Waals surface area contributed by atoms with Crippen LogP contribution in [0.3, 0.4) is 0 Å². The molecular formula is C69H71N9O6S. The third kappa shape index (κ3) is 13.5. The van der Waals surface area contributed by atoms with E-state index in [0.29, 0.717) is 52.2 Å². The first kappa shape index (κ1) is 59.4. The lowest BCUT2D eigenvalue weighted by Gasteiger charge is -2.40. The van der Waals surface area contributed by atoms with Gasteiger partial charge in [0, 0.05) is 69.8 Å². The van der Waals surface area contributed by atoms with Crippen LogP contribution in [0.15, 0.2) is 146 Å². The van der Waals surface area contributed by atoms with Crippen molar-refractivity contribution < 1.29 is 27.5 Å². The Bertz CT molecular complexity index is 3580. The van der Waals surface area contributed by atoms with E-state index in [9.17, 15) is 33.8 Å². The Balaban J connectivity index is 0.000000142. The molecule has 3 saturated carbocycles. The maximum atomic E-state index is 12.1. The summed E-state index contributed by atoms with van der Waals surface area (Å²) in [5, 5.41) is 33.8. The van der Waals surface area contributed by atoms with Gasteiger partial charge in [0.05, 0.1) is 69.8 Å². The quantitative estimate of drug-likeness (QED) is 0.123. The zero-order valence-electron chi connectivity index (χ0n) is 48.6. The van der Waals surface area contributed by atoms with Gasteiger partial charge < -0.3 is 20.1 Å². The second kappa shape index (κ2) is 26.0. The van der Waals surface area contributed by atoms with Gasteiger partial charge in [0.15, 0.2) is 0 Å². The Morgan fingerprint density at radius 2 is 0.918 bits per heavy atom. The third-order valence-electron chi connectivity index (χ3n) is 18.7. The van der Waals surface area contributed by atoms with Crippen LogP contribution >= 0.6 is 0 Å². The van der Waals surface area contributed by atoms with Gasteiger partial charge in [-0.1, -0.05) is 133 Å². The normalized spacial score (nSPS) is 29.6. The van der Waals surface area contributed by atoms with Crippen molar-refractivity contribution in [1.29, 1.82) is 15.8 Å². The molecule has 0 spiro atoms. The highest BCUT2D eigenvalue weighted by atomic mass is 32.2. The van der Waals surface area contributed by atoms with E-state index >= 15 is 0 Å². The predicted molar refractivity (Wildman–Crippen MR) is 328 cm³/mol. The van der Waals surface area contributed by atoms with E-state index in [4.69, 9.17) is 9.47 Å². The van der Waals surface area contributed by atoms with Gasteiger partial charge in [0.1, 0.15) is 12.2 Å². The van der Waals surface area contributed by atoms with Crippen LogP contribution in [0, 0.1) is 93.2 Å². The maximum Gasteiger partial charge on any atom is 0.407 e. The number of carbonyl (C=O) groups is 2. The standard InChI is InChI=1S/C23H25N3O2S.2C23H23N3O2/c1-15-11-19-14-29(27,28)26-23(19)21(16(15)2)10-9-20-8-7-18(13-25-20)22-6-4-3-5-17(22)12-24;1-14-11-21-22(26-23(27)28-21)19(15(14)2)10-9-18-8-7-17(13-25-18)20-6-4-3-5-16(20)12-24;1-14-11-21-22(28-23(27)26-21)19(15(14)2)10-9-18-8-7-17(13-25-18)20-6-4-3-5-16(20)12-24/h3-10,13,15-16,19,21,23,26H,11,14H2,1-2H3;2*3-10,13-15,19,21-22H,11H2,1-2H3,(H,26,27)/b3*10-9+/t15-,16+,19+,21-,23-;2*14-,15+,19-,21-,22+/m000/s1. The van der Waals surface area contributed by atoms with Gasteiger partial charge in [-0.05, 0) is 121 Å². The smallest absolute Gasteiger partial charge is 0.407 e. The number of amides is 2. The molecule has 15 nitrogen and oxygen atoms in total. The average Bonchev–Trinajstić information content (AvgIpc) is 2.44. The molecule has 6 fully saturated rings. The molecule has 16 heteroatoms. The number of sulfonamides is 1. The number of hydrogen-bond donors (Lipinski definition) is 3. The molecule has 6 heterocycles. The minimum absolute atomic E-state index is 0.0239. The van der Waals surface area contributed by atoms with Crippen LogP contribution in [-0.4, -0.2) is 71.6 Å². The number of hydrogen-bond acceptors (Lipinski definition) is 12. The summed E-state index contributed by atoms with van der Waals surface area (Å²) in [4.78, 5) is 37.0. The van der Waals surface area contributed by atoms with Gasteiger partial charge in [0.25, 0.3) is 0 Å². The lowest BCUT2D eigenvalue weighted by molar-refractivity contribution is 0.0415. The summed E-state index contributed by atoms with van der Waals surface area (Å²) in [6.45, 7) is 13.3. The average molecular weight is 1150 g/mol. The van der Waals surface area contributed by atoms with E-state index in [1.807, 2.05) is 121 Å². The molecule has 0 unspecified atom stereocenters. The molecule has 3 N–H and O–H groups in total.